The van der Waals surface area contributed by atoms with Crippen LogP contribution in [-0.2, 0) is 26.1 Å². The minimum absolute atomic E-state index is 0. The van der Waals surface area contributed by atoms with Crippen molar-refractivity contribution in [3.8, 4) is 0 Å². The standard InChI is InChI=1S/C22H30N6.HI/c1-2-23-22(25-12-17-27-14-6-7-15-27)26-19-21-24-13-18-28(21)16-8-11-20-9-4-3-5-10-20;/h3-7,9-10,13-15,18H,2,8,11-12,16-17,19H2,1H3,(H2,23,25,26);1H. The van der Waals surface area contributed by atoms with E-state index in [4.69, 9.17) is 4.99 Å². The zero-order chi connectivity index (χ0) is 19.4. The van der Waals surface area contributed by atoms with Gasteiger partial charge in [-0.05, 0) is 37.5 Å². The van der Waals surface area contributed by atoms with Crippen LogP contribution in [0.4, 0.5) is 0 Å². The molecule has 156 valence electrons. The first-order valence-electron chi connectivity index (χ1n) is 10.0. The monoisotopic (exact) mass is 506 g/mol. The number of rotatable bonds is 10. The molecule has 0 fully saturated rings. The lowest BCUT2D eigenvalue weighted by molar-refractivity contribution is 0.609. The van der Waals surface area contributed by atoms with Gasteiger partial charge in [0.15, 0.2) is 5.96 Å². The number of halogens is 1. The number of guanidine groups is 1. The van der Waals surface area contributed by atoms with E-state index in [9.17, 15) is 0 Å². The van der Waals surface area contributed by atoms with E-state index in [0.29, 0.717) is 6.54 Å². The van der Waals surface area contributed by atoms with Crippen LogP contribution in [0.25, 0.3) is 0 Å². The van der Waals surface area contributed by atoms with Crippen molar-refractivity contribution in [2.75, 3.05) is 13.1 Å². The molecule has 0 aliphatic carbocycles. The van der Waals surface area contributed by atoms with Gasteiger partial charge in [0.2, 0.25) is 0 Å². The van der Waals surface area contributed by atoms with E-state index in [1.165, 1.54) is 5.56 Å². The van der Waals surface area contributed by atoms with E-state index in [2.05, 4.69) is 74.4 Å². The fraction of sp³-hybridized carbons (Fsp3) is 0.364. The summed E-state index contributed by atoms with van der Waals surface area (Å²) >= 11 is 0. The summed E-state index contributed by atoms with van der Waals surface area (Å²) in [5, 5.41) is 6.69. The van der Waals surface area contributed by atoms with Gasteiger partial charge in [0, 0.05) is 51.0 Å². The first-order valence-corrected chi connectivity index (χ1v) is 10.0. The van der Waals surface area contributed by atoms with E-state index in [1.54, 1.807) is 0 Å². The van der Waals surface area contributed by atoms with Crippen LogP contribution in [0.1, 0.15) is 24.7 Å². The fourth-order valence-corrected chi connectivity index (χ4v) is 3.11. The van der Waals surface area contributed by atoms with Crippen molar-refractivity contribution in [2.24, 2.45) is 4.99 Å². The molecule has 0 aliphatic heterocycles. The number of hydrogen-bond donors (Lipinski definition) is 2. The SMILES string of the molecule is CCNC(=NCc1nccn1CCCc1ccccc1)NCCn1cccc1.I. The summed E-state index contributed by atoms with van der Waals surface area (Å²) in [6.45, 7) is 6.17. The molecule has 0 aliphatic rings. The van der Waals surface area contributed by atoms with Crippen LogP contribution in [0.2, 0.25) is 0 Å². The molecule has 0 unspecified atom stereocenters. The Morgan fingerprint density at radius 1 is 1.00 bits per heavy atom. The number of benzene rings is 1. The third-order valence-electron chi connectivity index (χ3n) is 4.56. The van der Waals surface area contributed by atoms with E-state index in [1.807, 2.05) is 24.5 Å². The second-order valence-electron chi connectivity index (χ2n) is 6.67. The Morgan fingerprint density at radius 3 is 2.55 bits per heavy atom. The minimum atomic E-state index is 0. The summed E-state index contributed by atoms with van der Waals surface area (Å²) in [6, 6.07) is 14.7. The summed E-state index contributed by atoms with van der Waals surface area (Å²) in [5.74, 6) is 1.82. The Morgan fingerprint density at radius 2 is 1.79 bits per heavy atom. The average molecular weight is 506 g/mol. The summed E-state index contributed by atoms with van der Waals surface area (Å²) in [5.41, 5.74) is 1.38. The number of aryl methyl sites for hydroxylation is 2. The highest BCUT2D eigenvalue weighted by molar-refractivity contribution is 14.0. The second-order valence-corrected chi connectivity index (χ2v) is 6.67. The quantitative estimate of drug-likeness (QED) is 0.251. The van der Waals surface area contributed by atoms with Gasteiger partial charge in [-0.2, -0.15) is 0 Å². The summed E-state index contributed by atoms with van der Waals surface area (Å²) < 4.78 is 4.35. The van der Waals surface area contributed by atoms with Gasteiger partial charge in [0.05, 0.1) is 0 Å². The predicted octanol–water partition coefficient (Wildman–Crippen LogP) is 3.69. The third-order valence-corrected chi connectivity index (χ3v) is 4.56. The molecule has 2 aromatic heterocycles. The number of hydrogen-bond acceptors (Lipinski definition) is 2. The lowest BCUT2D eigenvalue weighted by Gasteiger charge is -2.12. The highest BCUT2D eigenvalue weighted by Crippen LogP contribution is 2.06. The number of imidazole rings is 1. The first-order chi connectivity index (χ1) is 13.8. The average Bonchev–Trinajstić information content (AvgIpc) is 3.39. The van der Waals surface area contributed by atoms with Gasteiger partial charge in [0.25, 0.3) is 0 Å². The molecule has 1 aromatic carbocycles. The molecular formula is C22H31IN6. The Bertz CT molecular complexity index is 826. The predicted molar refractivity (Wildman–Crippen MR) is 130 cm³/mol. The van der Waals surface area contributed by atoms with Gasteiger partial charge in [-0.3, -0.25) is 0 Å². The normalized spacial score (nSPS) is 11.1. The van der Waals surface area contributed by atoms with Gasteiger partial charge in [-0.15, -0.1) is 24.0 Å². The molecule has 0 saturated heterocycles. The van der Waals surface area contributed by atoms with Crippen LogP contribution in [0, 0.1) is 0 Å². The molecule has 0 bridgehead atoms. The number of nitrogens with zero attached hydrogens (tertiary/aromatic N) is 4. The number of aromatic nitrogens is 3. The molecule has 2 heterocycles. The molecule has 0 spiro atoms. The maximum absolute atomic E-state index is 4.70. The van der Waals surface area contributed by atoms with Crippen molar-refractivity contribution in [3.63, 3.8) is 0 Å². The second kappa shape index (κ2) is 13.0. The smallest absolute Gasteiger partial charge is 0.191 e. The maximum atomic E-state index is 4.70. The van der Waals surface area contributed by atoms with Gasteiger partial charge < -0.3 is 19.8 Å². The highest BCUT2D eigenvalue weighted by atomic mass is 127. The van der Waals surface area contributed by atoms with Gasteiger partial charge >= 0.3 is 0 Å². The largest absolute Gasteiger partial charge is 0.357 e. The lowest BCUT2D eigenvalue weighted by atomic mass is 10.1. The van der Waals surface area contributed by atoms with Crippen molar-refractivity contribution in [3.05, 3.63) is 78.6 Å². The molecule has 0 radical (unpaired) electrons. The molecular weight excluding hydrogens is 475 g/mol. The van der Waals surface area contributed by atoms with Crippen LogP contribution in [-0.4, -0.2) is 33.2 Å². The number of nitrogens with one attached hydrogen (secondary N) is 2. The molecule has 29 heavy (non-hydrogen) atoms. The van der Waals surface area contributed by atoms with E-state index >= 15 is 0 Å². The topological polar surface area (TPSA) is 59.2 Å². The van der Waals surface area contributed by atoms with Crippen molar-refractivity contribution in [1.29, 1.82) is 0 Å². The Kier molecular flexibility index (Phi) is 10.3. The summed E-state index contributed by atoms with van der Waals surface area (Å²) in [4.78, 5) is 9.19. The fourth-order valence-electron chi connectivity index (χ4n) is 3.11. The minimum Gasteiger partial charge on any atom is -0.357 e. The molecule has 3 aromatic rings. The van der Waals surface area contributed by atoms with Crippen LogP contribution in [0.15, 0.2) is 72.2 Å². The maximum Gasteiger partial charge on any atom is 0.191 e. The van der Waals surface area contributed by atoms with Crippen LogP contribution in [0.3, 0.4) is 0 Å². The zero-order valence-corrected chi connectivity index (χ0v) is 19.3. The van der Waals surface area contributed by atoms with E-state index in [-0.39, 0.29) is 24.0 Å². The molecule has 0 amide bonds. The van der Waals surface area contributed by atoms with Crippen molar-refractivity contribution >= 4 is 29.9 Å². The van der Waals surface area contributed by atoms with Gasteiger partial charge in [-0.25, -0.2) is 9.98 Å². The summed E-state index contributed by atoms with van der Waals surface area (Å²) in [7, 11) is 0. The molecule has 0 saturated carbocycles. The zero-order valence-electron chi connectivity index (χ0n) is 17.0. The van der Waals surface area contributed by atoms with Crippen molar-refractivity contribution in [2.45, 2.75) is 39.4 Å². The molecule has 0 atom stereocenters. The van der Waals surface area contributed by atoms with E-state index < -0.39 is 0 Å². The molecule has 6 nitrogen and oxygen atoms in total. The Hall–Kier alpha value is -2.29. The molecule has 2 N–H and O–H groups in total. The number of aliphatic imine (C=N–C) groups is 1. The van der Waals surface area contributed by atoms with Crippen LogP contribution < -0.4 is 10.6 Å². The van der Waals surface area contributed by atoms with Crippen LogP contribution in [0.5, 0.6) is 0 Å². The van der Waals surface area contributed by atoms with Crippen molar-refractivity contribution in [1.82, 2.24) is 24.8 Å². The Balaban J connectivity index is 0.00000300. The molecule has 3 rings (SSSR count). The first kappa shape index (κ1) is 23.0. The third kappa shape index (κ3) is 7.92. The van der Waals surface area contributed by atoms with E-state index in [0.717, 1.165) is 50.8 Å². The highest BCUT2D eigenvalue weighted by Gasteiger charge is 2.04. The van der Waals surface area contributed by atoms with Crippen molar-refractivity contribution < 1.29 is 0 Å². The van der Waals surface area contributed by atoms with Gasteiger partial charge in [0.1, 0.15) is 12.4 Å². The lowest BCUT2D eigenvalue weighted by Crippen LogP contribution is -2.38. The van der Waals surface area contributed by atoms with Gasteiger partial charge in [-0.1, -0.05) is 30.3 Å². The molecule has 7 heteroatoms. The van der Waals surface area contributed by atoms with Crippen LogP contribution >= 0.6 is 24.0 Å². The Labute approximate surface area is 190 Å². The summed E-state index contributed by atoms with van der Waals surface area (Å²) in [6.07, 6.45) is 10.2.